The van der Waals surface area contributed by atoms with Gasteiger partial charge in [-0.15, -0.1) is 0 Å². The summed E-state index contributed by atoms with van der Waals surface area (Å²) in [5.41, 5.74) is 0.570. The molecule has 0 atom stereocenters. The number of carbonyl (C=O) groups is 1. The molecule has 6 nitrogen and oxygen atoms in total. The minimum absolute atomic E-state index is 0.182. The number of amides is 1. The lowest BCUT2D eigenvalue weighted by atomic mass is 10.3. The fraction of sp³-hybridized carbons (Fsp3) is 0.462. The number of nitrogens with one attached hydrogen (secondary N) is 3. The quantitative estimate of drug-likeness (QED) is 0.623. The highest BCUT2D eigenvalue weighted by atomic mass is 32.2. The highest BCUT2D eigenvalue weighted by Gasteiger charge is 2.12. The molecule has 112 valence electrons. The topological polar surface area (TPSA) is 87.3 Å². The molecule has 0 aliphatic carbocycles. The number of carbonyl (C=O) groups excluding carboxylic acids is 1. The number of hydrogen-bond donors (Lipinski definition) is 3. The van der Waals surface area contributed by atoms with E-state index in [2.05, 4.69) is 15.4 Å². The van der Waals surface area contributed by atoms with Gasteiger partial charge in [0.25, 0.3) is 0 Å². The minimum Gasteiger partial charge on any atom is -0.326 e. The molecule has 7 heteroatoms. The zero-order chi connectivity index (χ0) is 15.0. The molecule has 0 fully saturated rings. The summed E-state index contributed by atoms with van der Waals surface area (Å²) >= 11 is 0. The monoisotopic (exact) mass is 299 g/mol. The van der Waals surface area contributed by atoms with Crippen molar-refractivity contribution in [2.45, 2.75) is 25.2 Å². The predicted octanol–water partition coefficient (Wildman–Crippen LogP) is 0.923. The smallest absolute Gasteiger partial charge is 0.240 e. The van der Waals surface area contributed by atoms with Crippen LogP contribution >= 0.6 is 0 Å². The van der Waals surface area contributed by atoms with Crippen molar-refractivity contribution >= 4 is 21.6 Å². The molecule has 0 radical (unpaired) electrons. The summed E-state index contributed by atoms with van der Waals surface area (Å²) < 4.78 is 26.5. The van der Waals surface area contributed by atoms with Gasteiger partial charge in [0.05, 0.1) is 4.90 Å². The van der Waals surface area contributed by atoms with Gasteiger partial charge in [0.15, 0.2) is 0 Å². The van der Waals surface area contributed by atoms with Gasteiger partial charge in [-0.2, -0.15) is 0 Å². The van der Waals surface area contributed by atoms with Crippen LogP contribution in [0.2, 0.25) is 0 Å². The number of sulfonamides is 1. The van der Waals surface area contributed by atoms with Crippen molar-refractivity contribution in [2.24, 2.45) is 0 Å². The fourth-order valence-electron chi connectivity index (χ4n) is 1.58. The van der Waals surface area contributed by atoms with E-state index in [9.17, 15) is 13.2 Å². The Bertz CT molecular complexity index is 526. The van der Waals surface area contributed by atoms with E-state index in [0.29, 0.717) is 18.8 Å². The van der Waals surface area contributed by atoms with Gasteiger partial charge in [0, 0.05) is 25.7 Å². The molecule has 0 aliphatic heterocycles. The van der Waals surface area contributed by atoms with E-state index in [1.165, 1.54) is 19.1 Å². The normalized spacial score (nSPS) is 11.3. The highest BCUT2D eigenvalue weighted by Crippen LogP contribution is 2.13. The van der Waals surface area contributed by atoms with Gasteiger partial charge in [-0.3, -0.25) is 4.79 Å². The first-order valence-corrected chi connectivity index (χ1v) is 8.02. The lowest BCUT2D eigenvalue weighted by molar-refractivity contribution is -0.114. The molecule has 3 N–H and O–H groups in total. The van der Waals surface area contributed by atoms with Crippen LogP contribution < -0.4 is 15.4 Å². The van der Waals surface area contributed by atoms with Crippen LogP contribution in [0, 0.1) is 0 Å². The summed E-state index contributed by atoms with van der Waals surface area (Å²) in [6, 6.07) is 6.05. The van der Waals surface area contributed by atoms with E-state index >= 15 is 0 Å². The second-order valence-corrected chi connectivity index (χ2v) is 6.12. The number of anilines is 1. The van der Waals surface area contributed by atoms with Crippen molar-refractivity contribution in [1.29, 1.82) is 0 Å². The number of hydrogen-bond acceptors (Lipinski definition) is 4. The van der Waals surface area contributed by atoms with Crippen molar-refractivity contribution in [1.82, 2.24) is 10.0 Å². The van der Waals surface area contributed by atoms with Crippen LogP contribution in [0.4, 0.5) is 5.69 Å². The van der Waals surface area contributed by atoms with E-state index in [1.54, 1.807) is 12.1 Å². The summed E-state index contributed by atoms with van der Waals surface area (Å²) in [5, 5.41) is 5.70. The van der Waals surface area contributed by atoms with Crippen molar-refractivity contribution in [3.8, 4) is 0 Å². The maximum atomic E-state index is 12.0. The third kappa shape index (κ3) is 5.68. The van der Waals surface area contributed by atoms with Gasteiger partial charge < -0.3 is 10.6 Å². The second-order valence-electron chi connectivity index (χ2n) is 4.35. The SMILES string of the molecule is CCCNCCNS(=O)(=O)c1ccc(NC(C)=O)cc1. The number of rotatable bonds is 8. The molecule has 1 aromatic carbocycles. The van der Waals surface area contributed by atoms with E-state index in [1.807, 2.05) is 6.92 Å². The standard InChI is InChI=1S/C13H21N3O3S/c1-3-8-14-9-10-15-20(18,19)13-6-4-12(5-7-13)16-11(2)17/h4-7,14-15H,3,8-10H2,1-2H3,(H,16,17). The third-order valence-corrected chi connectivity index (χ3v) is 3.98. The summed E-state index contributed by atoms with van der Waals surface area (Å²) in [6.07, 6.45) is 1.01. The van der Waals surface area contributed by atoms with Gasteiger partial charge in [0.1, 0.15) is 0 Å². The average molecular weight is 299 g/mol. The Hall–Kier alpha value is -1.44. The van der Waals surface area contributed by atoms with Crippen molar-refractivity contribution in [2.75, 3.05) is 25.0 Å². The average Bonchev–Trinajstić information content (AvgIpc) is 2.38. The first-order valence-electron chi connectivity index (χ1n) is 6.53. The molecular formula is C13H21N3O3S. The van der Waals surface area contributed by atoms with Crippen LogP contribution in [0.15, 0.2) is 29.2 Å². The molecule has 0 heterocycles. The zero-order valence-corrected chi connectivity index (χ0v) is 12.6. The number of benzene rings is 1. The first-order chi connectivity index (χ1) is 9.45. The molecule has 0 unspecified atom stereocenters. The van der Waals surface area contributed by atoms with Crippen LogP contribution in [0.25, 0.3) is 0 Å². The minimum atomic E-state index is -3.50. The van der Waals surface area contributed by atoms with E-state index < -0.39 is 10.0 Å². The van der Waals surface area contributed by atoms with Gasteiger partial charge in [-0.05, 0) is 37.2 Å². The maximum absolute atomic E-state index is 12.0. The second kappa shape index (κ2) is 7.98. The molecule has 0 aliphatic rings. The summed E-state index contributed by atoms with van der Waals surface area (Å²) in [4.78, 5) is 11.1. The molecule has 0 aromatic heterocycles. The Morgan fingerprint density at radius 1 is 1.10 bits per heavy atom. The molecule has 0 bridgehead atoms. The predicted molar refractivity (Wildman–Crippen MR) is 79.1 cm³/mol. The molecule has 0 saturated carbocycles. The zero-order valence-electron chi connectivity index (χ0n) is 11.8. The van der Waals surface area contributed by atoms with Gasteiger partial charge in [-0.1, -0.05) is 6.92 Å². The van der Waals surface area contributed by atoms with Crippen LogP contribution in [-0.4, -0.2) is 34.0 Å². The van der Waals surface area contributed by atoms with E-state index in [-0.39, 0.29) is 10.8 Å². The molecule has 1 rings (SSSR count). The molecule has 0 saturated heterocycles. The lowest BCUT2D eigenvalue weighted by Gasteiger charge is -2.08. The Morgan fingerprint density at radius 2 is 1.75 bits per heavy atom. The van der Waals surface area contributed by atoms with Crippen LogP contribution in [0.5, 0.6) is 0 Å². The van der Waals surface area contributed by atoms with Crippen LogP contribution in [0.1, 0.15) is 20.3 Å². The van der Waals surface area contributed by atoms with E-state index in [4.69, 9.17) is 0 Å². The molecule has 0 spiro atoms. The summed E-state index contributed by atoms with van der Waals surface area (Å²) in [5.74, 6) is -0.194. The Labute approximate surface area is 120 Å². The van der Waals surface area contributed by atoms with Crippen LogP contribution in [0.3, 0.4) is 0 Å². The Balaban J connectivity index is 2.56. The van der Waals surface area contributed by atoms with Gasteiger partial charge >= 0.3 is 0 Å². The van der Waals surface area contributed by atoms with Crippen molar-refractivity contribution in [3.05, 3.63) is 24.3 Å². The largest absolute Gasteiger partial charge is 0.326 e. The molecule has 1 aromatic rings. The molecule has 20 heavy (non-hydrogen) atoms. The van der Waals surface area contributed by atoms with Crippen LogP contribution in [-0.2, 0) is 14.8 Å². The molecular weight excluding hydrogens is 278 g/mol. The third-order valence-electron chi connectivity index (χ3n) is 2.51. The summed E-state index contributed by atoms with van der Waals surface area (Å²) in [7, 11) is -3.50. The van der Waals surface area contributed by atoms with Crippen molar-refractivity contribution in [3.63, 3.8) is 0 Å². The Kier molecular flexibility index (Phi) is 6.63. The Morgan fingerprint density at radius 3 is 2.30 bits per heavy atom. The maximum Gasteiger partial charge on any atom is 0.240 e. The van der Waals surface area contributed by atoms with Gasteiger partial charge in [0.2, 0.25) is 15.9 Å². The molecule has 1 amide bonds. The lowest BCUT2D eigenvalue weighted by Crippen LogP contribution is -2.32. The van der Waals surface area contributed by atoms with Crippen molar-refractivity contribution < 1.29 is 13.2 Å². The highest BCUT2D eigenvalue weighted by molar-refractivity contribution is 7.89. The fourth-order valence-corrected chi connectivity index (χ4v) is 2.61. The van der Waals surface area contributed by atoms with E-state index in [0.717, 1.165) is 13.0 Å². The van der Waals surface area contributed by atoms with Gasteiger partial charge in [-0.25, -0.2) is 13.1 Å². The first kappa shape index (κ1) is 16.6. The summed E-state index contributed by atoms with van der Waals surface area (Å²) in [6.45, 7) is 5.25.